The van der Waals surface area contributed by atoms with Crippen LogP contribution < -0.4 is 14.4 Å². The lowest BCUT2D eigenvalue weighted by Gasteiger charge is -2.26. The largest absolute Gasteiger partial charge is 0.507 e. The third-order valence-corrected chi connectivity index (χ3v) is 6.02. The molecular weight excluding hydrogens is 458 g/mol. The minimum absolute atomic E-state index is 0.0771. The number of aromatic hydroxyl groups is 1. The molecule has 186 valence electrons. The van der Waals surface area contributed by atoms with Crippen molar-refractivity contribution in [1.29, 1.82) is 0 Å². The van der Waals surface area contributed by atoms with E-state index >= 15 is 0 Å². The highest BCUT2D eigenvalue weighted by molar-refractivity contribution is 6.51. The van der Waals surface area contributed by atoms with Crippen LogP contribution in [0.1, 0.15) is 36.6 Å². The fourth-order valence-corrected chi connectivity index (χ4v) is 4.25. The first kappa shape index (κ1) is 24.9. The molecule has 1 saturated heterocycles. The van der Waals surface area contributed by atoms with Gasteiger partial charge in [0.2, 0.25) is 0 Å². The van der Waals surface area contributed by atoms with Crippen molar-refractivity contribution < 1.29 is 29.3 Å². The Morgan fingerprint density at radius 3 is 2.44 bits per heavy atom. The van der Waals surface area contributed by atoms with E-state index in [0.29, 0.717) is 35.2 Å². The zero-order chi connectivity index (χ0) is 26.0. The molecule has 3 aromatic carbocycles. The Balaban J connectivity index is 1.88. The molecule has 1 unspecified atom stereocenters. The average molecular weight is 488 g/mol. The normalized spacial score (nSPS) is 17.0. The Kier molecular flexibility index (Phi) is 7.01. The number of methoxy groups -OCH3 is 1. The second-order valence-electron chi connectivity index (χ2n) is 9.12. The minimum atomic E-state index is -0.981. The van der Waals surface area contributed by atoms with Crippen molar-refractivity contribution in [3.8, 4) is 17.2 Å². The van der Waals surface area contributed by atoms with Gasteiger partial charge in [-0.25, -0.2) is 0 Å². The number of aliphatic hydroxyl groups is 1. The molecule has 3 aromatic rings. The van der Waals surface area contributed by atoms with Gasteiger partial charge in [-0.2, -0.15) is 0 Å². The number of phenolic OH excluding ortho intramolecular Hbond substituents is 1. The topological polar surface area (TPSA) is 96.3 Å². The maximum absolute atomic E-state index is 13.3. The summed E-state index contributed by atoms with van der Waals surface area (Å²) in [6.45, 7) is 6.51. The lowest BCUT2D eigenvalue weighted by Crippen LogP contribution is -2.29. The third-order valence-electron chi connectivity index (χ3n) is 6.02. The van der Waals surface area contributed by atoms with Gasteiger partial charge in [0.15, 0.2) is 0 Å². The predicted molar refractivity (Wildman–Crippen MR) is 137 cm³/mol. The molecule has 7 heteroatoms. The van der Waals surface area contributed by atoms with Gasteiger partial charge in [-0.15, -0.1) is 0 Å². The first-order valence-corrected chi connectivity index (χ1v) is 11.7. The molecule has 36 heavy (non-hydrogen) atoms. The van der Waals surface area contributed by atoms with Crippen molar-refractivity contribution in [1.82, 2.24) is 0 Å². The van der Waals surface area contributed by atoms with Crippen LogP contribution in [0.15, 0.2) is 72.3 Å². The smallest absolute Gasteiger partial charge is 0.300 e. The van der Waals surface area contributed by atoms with E-state index in [1.807, 2.05) is 6.92 Å². The second kappa shape index (κ2) is 10.2. The molecule has 7 nitrogen and oxygen atoms in total. The van der Waals surface area contributed by atoms with E-state index in [1.54, 1.807) is 60.7 Å². The van der Waals surface area contributed by atoms with Gasteiger partial charge < -0.3 is 19.7 Å². The summed E-state index contributed by atoms with van der Waals surface area (Å²) in [6, 6.07) is 17.4. The van der Waals surface area contributed by atoms with Crippen molar-refractivity contribution in [3.63, 3.8) is 0 Å². The number of aryl methyl sites for hydroxylation is 1. The zero-order valence-electron chi connectivity index (χ0n) is 20.7. The molecule has 1 amide bonds. The van der Waals surface area contributed by atoms with Crippen LogP contribution in [0.3, 0.4) is 0 Å². The van der Waals surface area contributed by atoms with E-state index in [1.165, 1.54) is 18.1 Å². The first-order chi connectivity index (χ1) is 17.2. The van der Waals surface area contributed by atoms with Crippen molar-refractivity contribution in [2.75, 3.05) is 18.6 Å². The molecule has 0 aliphatic carbocycles. The predicted octanol–water partition coefficient (Wildman–Crippen LogP) is 5.37. The van der Waals surface area contributed by atoms with E-state index in [-0.39, 0.29) is 22.8 Å². The number of para-hydroxylation sites is 2. The minimum Gasteiger partial charge on any atom is -0.507 e. The number of ether oxygens (including phenoxy) is 2. The van der Waals surface area contributed by atoms with Crippen LogP contribution >= 0.6 is 0 Å². The molecule has 0 radical (unpaired) electrons. The Labute approximate surface area is 210 Å². The second-order valence-corrected chi connectivity index (χ2v) is 9.12. The Morgan fingerprint density at radius 2 is 1.78 bits per heavy atom. The summed E-state index contributed by atoms with van der Waals surface area (Å²) in [5, 5.41) is 21.9. The van der Waals surface area contributed by atoms with Crippen LogP contribution in [0.5, 0.6) is 17.2 Å². The summed E-state index contributed by atoms with van der Waals surface area (Å²) in [6.07, 6.45) is 0. The molecule has 4 rings (SSSR count). The number of anilines is 1. The summed E-state index contributed by atoms with van der Waals surface area (Å²) in [5.74, 6) is -0.601. The van der Waals surface area contributed by atoms with E-state index in [9.17, 15) is 19.8 Å². The Morgan fingerprint density at radius 1 is 1.03 bits per heavy atom. The Hall–Kier alpha value is -4.26. The lowest BCUT2D eigenvalue weighted by molar-refractivity contribution is -0.132. The van der Waals surface area contributed by atoms with E-state index in [2.05, 4.69) is 13.8 Å². The van der Waals surface area contributed by atoms with Gasteiger partial charge in [-0.1, -0.05) is 38.1 Å². The van der Waals surface area contributed by atoms with Crippen molar-refractivity contribution in [2.45, 2.75) is 26.8 Å². The van der Waals surface area contributed by atoms with Gasteiger partial charge in [0, 0.05) is 5.56 Å². The number of rotatable bonds is 7. The summed E-state index contributed by atoms with van der Waals surface area (Å²) in [5.41, 5.74) is 1.80. The first-order valence-electron chi connectivity index (χ1n) is 11.7. The summed E-state index contributed by atoms with van der Waals surface area (Å²) in [4.78, 5) is 27.8. The number of aliphatic hydroxyl groups excluding tert-OH is 1. The van der Waals surface area contributed by atoms with Gasteiger partial charge in [0.25, 0.3) is 11.7 Å². The van der Waals surface area contributed by atoms with Crippen LogP contribution in [0.4, 0.5) is 5.69 Å². The Bertz CT molecular complexity index is 1340. The highest BCUT2D eigenvalue weighted by atomic mass is 16.5. The number of hydrogen-bond donors (Lipinski definition) is 2. The van der Waals surface area contributed by atoms with Gasteiger partial charge in [-0.05, 0) is 66.4 Å². The molecule has 1 aliphatic rings. The standard InChI is InChI=1S/C29H29NO6/c1-17(2)16-36-24-13-12-20(14-18(24)3)27(32)25-26(19-8-7-9-21(15-19)35-4)30(29(34)28(25)33)22-10-5-6-11-23(22)31/h5-15,17,26,31-32H,16H2,1-4H3/b27-25-. The number of ketones is 1. The molecule has 0 saturated carbocycles. The average Bonchev–Trinajstić information content (AvgIpc) is 3.13. The molecule has 0 bridgehead atoms. The number of phenols is 1. The van der Waals surface area contributed by atoms with Crippen LogP contribution in [-0.2, 0) is 9.59 Å². The fraction of sp³-hybridized carbons (Fsp3) is 0.241. The maximum atomic E-state index is 13.3. The molecule has 1 aliphatic heterocycles. The van der Waals surface area contributed by atoms with Crippen LogP contribution in [0.2, 0.25) is 0 Å². The van der Waals surface area contributed by atoms with Gasteiger partial charge >= 0.3 is 0 Å². The van der Waals surface area contributed by atoms with Gasteiger partial charge in [0.1, 0.15) is 23.0 Å². The van der Waals surface area contributed by atoms with Gasteiger partial charge in [-0.3, -0.25) is 14.5 Å². The number of nitrogens with zero attached hydrogens (tertiary/aromatic N) is 1. The summed E-state index contributed by atoms with van der Waals surface area (Å²) in [7, 11) is 1.52. The molecule has 1 heterocycles. The quantitative estimate of drug-likeness (QED) is 0.264. The van der Waals surface area contributed by atoms with Crippen LogP contribution in [-0.4, -0.2) is 35.6 Å². The summed E-state index contributed by atoms with van der Waals surface area (Å²) < 4.78 is 11.2. The molecule has 2 N–H and O–H groups in total. The monoisotopic (exact) mass is 487 g/mol. The number of benzene rings is 3. The van der Waals surface area contributed by atoms with Crippen molar-refractivity contribution in [2.24, 2.45) is 5.92 Å². The molecule has 0 aromatic heterocycles. The van der Waals surface area contributed by atoms with Crippen molar-refractivity contribution in [3.05, 3.63) is 89.0 Å². The summed E-state index contributed by atoms with van der Waals surface area (Å²) >= 11 is 0. The number of Topliss-reactive ketones (excluding diaryl/α,β-unsaturated/α-hetero) is 1. The third kappa shape index (κ3) is 4.64. The maximum Gasteiger partial charge on any atom is 0.300 e. The fourth-order valence-electron chi connectivity index (χ4n) is 4.25. The molecule has 1 fully saturated rings. The van der Waals surface area contributed by atoms with E-state index in [0.717, 1.165) is 5.56 Å². The highest BCUT2D eigenvalue weighted by Gasteiger charge is 2.47. The van der Waals surface area contributed by atoms with Crippen LogP contribution in [0.25, 0.3) is 5.76 Å². The molecule has 0 spiro atoms. The molecule has 1 atom stereocenters. The van der Waals surface area contributed by atoms with E-state index < -0.39 is 17.7 Å². The SMILES string of the molecule is COc1cccc(C2/C(=C(/O)c3ccc(OCC(C)C)c(C)c3)C(=O)C(=O)N2c2ccccc2O)c1. The van der Waals surface area contributed by atoms with E-state index in [4.69, 9.17) is 9.47 Å². The van der Waals surface area contributed by atoms with Gasteiger partial charge in [0.05, 0.1) is 31.0 Å². The molecular formula is C29H29NO6. The van der Waals surface area contributed by atoms with Crippen molar-refractivity contribution >= 4 is 23.1 Å². The number of carbonyl (C=O) groups is 2. The highest BCUT2D eigenvalue weighted by Crippen LogP contribution is 2.45. The zero-order valence-corrected chi connectivity index (χ0v) is 20.7. The van der Waals surface area contributed by atoms with Crippen LogP contribution in [0, 0.1) is 12.8 Å². The lowest BCUT2D eigenvalue weighted by atomic mass is 9.94. The number of carbonyl (C=O) groups excluding carboxylic acids is 2. The number of hydrogen-bond acceptors (Lipinski definition) is 6. The number of amides is 1.